The summed E-state index contributed by atoms with van der Waals surface area (Å²) in [6.07, 6.45) is 2.66. The topological polar surface area (TPSA) is 18.5 Å². The Bertz CT molecular complexity index is 146. The third-order valence-corrected chi connectivity index (χ3v) is 3.19. The lowest BCUT2D eigenvalue weighted by molar-refractivity contribution is 0.119. The molecule has 0 saturated carbocycles. The lowest BCUT2D eigenvalue weighted by Gasteiger charge is -2.39. The van der Waals surface area contributed by atoms with Gasteiger partial charge >= 0.3 is 0 Å². The van der Waals surface area contributed by atoms with Crippen LogP contribution in [0.3, 0.4) is 0 Å². The van der Waals surface area contributed by atoms with Crippen LogP contribution in [-0.4, -0.2) is 55.6 Å². The second kappa shape index (κ2) is 4.40. The molecule has 0 amide bonds. The van der Waals surface area contributed by atoms with Crippen molar-refractivity contribution in [3.63, 3.8) is 0 Å². The van der Waals surface area contributed by atoms with Gasteiger partial charge in [-0.1, -0.05) is 0 Å². The van der Waals surface area contributed by atoms with Crippen LogP contribution < -0.4 is 5.32 Å². The van der Waals surface area contributed by atoms with Crippen LogP contribution in [-0.2, 0) is 0 Å². The Hall–Kier alpha value is -0.120. The van der Waals surface area contributed by atoms with Crippen LogP contribution in [0.4, 0.5) is 0 Å². The molecule has 2 aliphatic heterocycles. The highest BCUT2D eigenvalue weighted by atomic mass is 15.3. The van der Waals surface area contributed by atoms with Crippen molar-refractivity contribution in [3.05, 3.63) is 6.54 Å². The van der Waals surface area contributed by atoms with E-state index >= 15 is 0 Å². The predicted octanol–water partition coefficient (Wildman–Crippen LogP) is 0.148. The highest BCUT2D eigenvalue weighted by Gasteiger charge is 2.23. The van der Waals surface area contributed by atoms with Crippen LogP contribution in [0.1, 0.15) is 12.8 Å². The molecule has 2 rings (SSSR count). The van der Waals surface area contributed by atoms with Crippen LogP contribution in [0.25, 0.3) is 0 Å². The summed E-state index contributed by atoms with van der Waals surface area (Å²) in [5, 5.41) is 3.42. The van der Waals surface area contributed by atoms with Crippen LogP contribution in [0.15, 0.2) is 0 Å². The Morgan fingerprint density at radius 1 is 1.23 bits per heavy atom. The third-order valence-electron chi connectivity index (χ3n) is 3.19. The molecular weight excluding hydrogens is 162 g/mol. The molecule has 0 aromatic heterocycles. The summed E-state index contributed by atoms with van der Waals surface area (Å²) < 4.78 is 0. The molecule has 2 saturated heterocycles. The summed E-state index contributed by atoms with van der Waals surface area (Å²) in [6, 6.07) is 0.839. The van der Waals surface area contributed by atoms with Gasteiger partial charge in [-0.3, -0.25) is 9.80 Å². The van der Waals surface area contributed by atoms with E-state index in [2.05, 4.69) is 28.7 Å². The van der Waals surface area contributed by atoms with Gasteiger partial charge in [-0.2, -0.15) is 0 Å². The summed E-state index contributed by atoms with van der Waals surface area (Å²) in [4.78, 5) is 4.93. The van der Waals surface area contributed by atoms with E-state index in [0.717, 1.165) is 12.6 Å². The first-order chi connectivity index (χ1) is 6.36. The minimum atomic E-state index is 0.839. The van der Waals surface area contributed by atoms with Crippen LogP contribution in [0.5, 0.6) is 0 Å². The second-order valence-corrected chi connectivity index (χ2v) is 4.14. The predicted molar refractivity (Wildman–Crippen MR) is 54.4 cm³/mol. The van der Waals surface area contributed by atoms with E-state index in [-0.39, 0.29) is 0 Å². The molecule has 3 heteroatoms. The van der Waals surface area contributed by atoms with Gasteiger partial charge in [0.15, 0.2) is 0 Å². The zero-order valence-electron chi connectivity index (χ0n) is 8.50. The SMILES string of the molecule is CN1[CH]CN(C2CCNCC2)CC1. The van der Waals surface area contributed by atoms with Crippen molar-refractivity contribution >= 4 is 0 Å². The number of hydrogen-bond donors (Lipinski definition) is 1. The number of likely N-dealkylation sites (N-methyl/N-ethyl adjacent to an activating group) is 1. The van der Waals surface area contributed by atoms with Crippen molar-refractivity contribution in [1.82, 2.24) is 15.1 Å². The smallest absolute Gasteiger partial charge is 0.0388 e. The number of hydrogen-bond acceptors (Lipinski definition) is 3. The monoisotopic (exact) mass is 182 g/mol. The van der Waals surface area contributed by atoms with Crippen molar-refractivity contribution < 1.29 is 0 Å². The minimum absolute atomic E-state index is 0.839. The molecule has 1 N–H and O–H groups in total. The molecule has 0 spiro atoms. The first-order valence-electron chi connectivity index (χ1n) is 5.34. The fraction of sp³-hybridized carbons (Fsp3) is 0.900. The fourth-order valence-electron chi connectivity index (χ4n) is 2.22. The van der Waals surface area contributed by atoms with Gasteiger partial charge in [0.1, 0.15) is 0 Å². The van der Waals surface area contributed by atoms with E-state index in [1.54, 1.807) is 0 Å². The molecule has 1 radical (unpaired) electrons. The molecule has 0 unspecified atom stereocenters. The van der Waals surface area contributed by atoms with Crippen molar-refractivity contribution in [1.29, 1.82) is 0 Å². The van der Waals surface area contributed by atoms with Crippen molar-refractivity contribution in [2.24, 2.45) is 0 Å². The first-order valence-corrected chi connectivity index (χ1v) is 5.34. The molecule has 0 aliphatic carbocycles. The van der Waals surface area contributed by atoms with Gasteiger partial charge in [0, 0.05) is 32.2 Å². The normalized spacial score (nSPS) is 29.3. The van der Waals surface area contributed by atoms with E-state index < -0.39 is 0 Å². The molecule has 0 aromatic rings. The largest absolute Gasteiger partial charge is 0.317 e. The van der Waals surface area contributed by atoms with Gasteiger partial charge in [-0.25, -0.2) is 0 Å². The third kappa shape index (κ3) is 2.42. The number of rotatable bonds is 1. The van der Waals surface area contributed by atoms with E-state index in [9.17, 15) is 0 Å². The van der Waals surface area contributed by atoms with Gasteiger partial charge in [0.2, 0.25) is 0 Å². The van der Waals surface area contributed by atoms with E-state index in [0.29, 0.717) is 0 Å². The Morgan fingerprint density at radius 2 is 2.00 bits per heavy atom. The maximum absolute atomic E-state index is 3.42. The zero-order chi connectivity index (χ0) is 9.10. The molecular formula is C10H20N3. The van der Waals surface area contributed by atoms with E-state index in [4.69, 9.17) is 0 Å². The molecule has 2 heterocycles. The van der Waals surface area contributed by atoms with Gasteiger partial charge in [0.25, 0.3) is 0 Å². The summed E-state index contributed by atoms with van der Waals surface area (Å²) in [6.45, 7) is 8.32. The minimum Gasteiger partial charge on any atom is -0.317 e. The Labute approximate surface area is 81.1 Å². The highest BCUT2D eigenvalue weighted by Crippen LogP contribution is 2.14. The summed E-state index contributed by atoms with van der Waals surface area (Å²) in [7, 11) is 2.17. The molecule has 2 fully saturated rings. The molecule has 75 valence electrons. The van der Waals surface area contributed by atoms with Crippen molar-refractivity contribution in [2.45, 2.75) is 18.9 Å². The standard InChI is InChI=1S/C10H20N3/c1-12-6-8-13(9-7-12)10-2-4-11-5-3-10/h6,10-11H,2-5,7-9H2,1H3. The fourth-order valence-corrected chi connectivity index (χ4v) is 2.22. The molecule has 13 heavy (non-hydrogen) atoms. The van der Waals surface area contributed by atoms with Crippen molar-refractivity contribution in [2.75, 3.05) is 39.8 Å². The maximum atomic E-state index is 3.42. The quantitative estimate of drug-likeness (QED) is 0.622. The van der Waals surface area contributed by atoms with Crippen LogP contribution >= 0.6 is 0 Å². The van der Waals surface area contributed by atoms with E-state index in [1.165, 1.54) is 39.0 Å². The zero-order valence-corrected chi connectivity index (χ0v) is 8.50. The maximum Gasteiger partial charge on any atom is 0.0388 e. The lowest BCUT2D eigenvalue weighted by atomic mass is 10.0. The van der Waals surface area contributed by atoms with E-state index in [1.807, 2.05) is 0 Å². The van der Waals surface area contributed by atoms with Gasteiger partial charge in [-0.15, -0.1) is 0 Å². The number of piperazine rings is 1. The molecule has 0 bridgehead atoms. The Morgan fingerprint density at radius 3 is 2.62 bits per heavy atom. The van der Waals surface area contributed by atoms with Crippen molar-refractivity contribution in [3.8, 4) is 0 Å². The van der Waals surface area contributed by atoms with Gasteiger partial charge < -0.3 is 5.32 Å². The average molecular weight is 182 g/mol. The highest BCUT2D eigenvalue weighted by molar-refractivity contribution is 4.85. The molecule has 2 aliphatic rings. The summed E-state index contributed by atoms with van der Waals surface area (Å²) in [5.41, 5.74) is 0. The van der Waals surface area contributed by atoms with Gasteiger partial charge in [0.05, 0.1) is 0 Å². The lowest BCUT2D eigenvalue weighted by Crippen LogP contribution is -2.50. The first kappa shape index (κ1) is 9.44. The van der Waals surface area contributed by atoms with Crippen LogP contribution in [0.2, 0.25) is 0 Å². The second-order valence-electron chi connectivity index (χ2n) is 4.14. The summed E-state index contributed by atoms with van der Waals surface area (Å²) in [5.74, 6) is 0. The molecule has 0 aromatic carbocycles. The number of nitrogens with zero attached hydrogens (tertiary/aromatic N) is 2. The van der Waals surface area contributed by atoms with Crippen LogP contribution in [0, 0.1) is 6.54 Å². The average Bonchev–Trinajstić information content (AvgIpc) is 2.20. The molecule has 0 atom stereocenters. The number of nitrogens with one attached hydrogen (secondary N) is 1. The Kier molecular flexibility index (Phi) is 3.19. The Balaban J connectivity index is 1.79. The summed E-state index contributed by atoms with van der Waals surface area (Å²) >= 11 is 0. The molecule has 3 nitrogen and oxygen atoms in total. The number of piperidine rings is 1. The van der Waals surface area contributed by atoms with Gasteiger partial charge in [-0.05, 0) is 33.0 Å².